The number of allylic oxidation sites excluding steroid dienone is 6. The zero-order chi connectivity index (χ0) is 34.5. The van der Waals surface area contributed by atoms with Gasteiger partial charge in [0.05, 0.1) is 46.4 Å². The Labute approximate surface area is 296 Å². The molecule has 51 heavy (non-hydrogen) atoms. The molecule has 3 aliphatic rings. The van der Waals surface area contributed by atoms with E-state index in [9.17, 15) is 15.8 Å². The van der Waals surface area contributed by atoms with Gasteiger partial charge in [-0.3, -0.25) is 0 Å². The molecular weight excluding hydrogens is 623 g/mol. The van der Waals surface area contributed by atoms with Crippen LogP contribution < -0.4 is 4.90 Å². The monoisotopic (exact) mass is 651 g/mol. The van der Waals surface area contributed by atoms with Crippen LogP contribution in [0.15, 0.2) is 174 Å². The zero-order valence-electron chi connectivity index (χ0n) is 27.5. The van der Waals surface area contributed by atoms with Crippen LogP contribution in [0, 0.1) is 39.9 Å². The van der Waals surface area contributed by atoms with Crippen molar-refractivity contribution in [3.8, 4) is 46.1 Å². The molecule has 0 saturated carbocycles. The first-order valence-electron chi connectivity index (χ1n) is 17.0. The molecule has 9 rings (SSSR count). The van der Waals surface area contributed by atoms with Gasteiger partial charge in [-0.15, -0.1) is 0 Å². The Bertz CT molecular complexity index is 2680. The Morgan fingerprint density at radius 1 is 0.627 bits per heavy atom. The van der Waals surface area contributed by atoms with Gasteiger partial charge in [0, 0.05) is 44.9 Å². The largest absolute Gasteiger partial charge is 0.333 e. The van der Waals surface area contributed by atoms with Crippen LogP contribution in [-0.4, -0.2) is 10.6 Å². The molecule has 0 N–H and O–H groups in total. The van der Waals surface area contributed by atoms with Crippen LogP contribution in [0.1, 0.15) is 12.0 Å². The normalized spacial score (nSPS) is 17.6. The van der Waals surface area contributed by atoms with Gasteiger partial charge in [0.15, 0.2) is 0 Å². The summed E-state index contributed by atoms with van der Waals surface area (Å²) in [5.41, 5.74) is 12.2. The fourth-order valence-electron chi connectivity index (χ4n) is 8.07. The SMILES string of the molecule is N#CC1=CC2=C(CC=C1)C1C=C(C#N)C=CC1N2c1ccc(C#N)cc1-c1ccccc1-c1cccc(-n2c3ccccc3c3ccccc32)c1. The second-order valence-electron chi connectivity index (χ2n) is 13.0. The van der Waals surface area contributed by atoms with E-state index in [0.717, 1.165) is 50.4 Å². The van der Waals surface area contributed by atoms with Crippen molar-refractivity contribution >= 4 is 27.5 Å². The molecule has 0 bridgehead atoms. The van der Waals surface area contributed by atoms with Crippen molar-refractivity contribution in [2.24, 2.45) is 5.92 Å². The molecule has 1 aromatic heterocycles. The standard InChI is InChI=1S/C46H29N5/c47-27-30-9-7-16-39-41-24-32(29-49)20-22-45(41)51(46(39)25-30)44-21-19-31(28-48)23-40(44)36-13-2-1-12-35(36)33-10-8-11-34(26-33)50-42-17-5-3-14-37(42)38-15-4-6-18-43(38)50/h1-15,17-26,41,45H,16H2. The fraction of sp³-hybridized carbons (Fsp3) is 0.0652. The molecule has 2 aliphatic carbocycles. The third kappa shape index (κ3) is 4.82. The van der Waals surface area contributed by atoms with Crippen molar-refractivity contribution in [2.75, 3.05) is 4.90 Å². The molecule has 2 heterocycles. The predicted octanol–water partition coefficient (Wildman–Crippen LogP) is 10.5. The number of hydrogen-bond donors (Lipinski definition) is 0. The molecule has 5 heteroatoms. The highest BCUT2D eigenvalue weighted by molar-refractivity contribution is 6.09. The van der Waals surface area contributed by atoms with Crippen molar-refractivity contribution in [3.63, 3.8) is 0 Å². The first-order valence-corrected chi connectivity index (χ1v) is 17.0. The summed E-state index contributed by atoms with van der Waals surface area (Å²) in [4.78, 5) is 2.30. The van der Waals surface area contributed by atoms with Crippen LogP contribution in [0.5, 0.6) is 0 Å². The summed E-state index contributed by atoms with van der Waals surface area (Å²) in [5, 5.41) is 32.3. The lowest BCUT2D eigenvalue weighted by atomic mass is 9.86. The minimum Gasteiger partial charge on any atom is -0.333 e. The maximum atomic E-state index is 10.1. The molecule has 0 fully saturated rings. The topological polar surface area (TPSA) is 79.5 Å². The molecule has 5 nitrogen and oxygen atoms in total. The molecule has 0 spiro atoms. The molecule has 238 valence electrons. The van der Waals surface area contributed by atoms with Crippen molar-refractivity contribution in [3.05, 3.63) is 180 Å². The number of fused-ring (bicyclic) bond motifs is 5. The average Bonchev–Trinajstić information content (AvgIpc) is 3.58. The van der Waals surface area contributed by atoms with E-state index < -0.39 is 0 Å². The number of aromatic nitrogens is 1. The van der Waals surface area contributed by atoms with Gasteiger partial charge in [-0.25, -0.2) is 0 Å². The smallest absolute Gasteiger partial charge is 0.0992 e. The van der Waals surface area contributed by atoms with Crippen molar-refractivity contribution < 1.29 is 0 Å². The predicted molar refractivity (Wildman–Crippen MR) is 203 cm³/mol. The molecule has 1 aliphatic heterocycles. The van der Waals surface area contributed by atoms with E-state index in [1.165, 1.54) is 16.3 Å². The minimum atomic E-state index is -0.0905. The zero-order valence-corrected chi connectivity index (χ0v) is 27.5. The second kappa shape index (κ2) is 12.1. The molecule has 0 amide bonds. The van der Waals surface area contributed by atoms with Crippen LogP contribution in [0.2, 0.25) is 0 Å². The van der Waals surface area contributed by atoms with Gasteiger partial charge in [-0.1, -0.05) is 91.0 Å². The van der Waals surface area contributed by atoms with Crippen LogP contribution >= 0.6 is 0 Å². The summed E-state index contributed by atoms with van der Waals surface area (Å²) in [5.74, 6) is -0.0276. The number of para-hydroxylation sites is 2. The highest BCUT2D eigenvalue weighted by Gasteiger charge is 2.40. The third-order valence-corrected chi connectivity index (χ3v) is 10.3. The molecule has 6 aromatic rings. The van der Waals surface area contributed by atoms with Gasteiger partial charge in [-0.2, -0.15) is 15.8 Å². The Morgan fingerprint density at radius 3 is 2.10 bits per heavy atom. The van der Waals surface area contributed by atoms with E-state index in [0.29, 0.717) is 23.1 Å². The lowest BCUT2D eigenvalue weighted by molar-refractivity contribution is 0.666. The quantitative estimate of drug-likeness (QED) is 0.190. The van der Waals surface area contributed by atoms with Crippen molar-refractivity contribution in [1.82, 2.24) is 4.57 Å². The lowest BCUT2D eigenvalue weighted by Gasteiger charge is -2.33. The first-order chi connectivity index (χ1) is 25.2. The summed E-state index contributed by atoms with van der Waals surface area (Å²) in [7, 11) is 0. The Kier molecular flexibility index (Phi) is 7.10. The maximum Gasteiger partial charge on any atom is 0.0992 e. The number of rotatable bonds is 4. The molecule has 5 aromatic carbocycles. The van der Waals surface area contributed by atoms with Gasteiger partial charge in [0.1, 0.15) is 0 Å². The van der Waals surface area contributed by atoms with E-state index in [4.69, 9.17) is 0 Å². The summed E-state index contributed by atoms with van der Waals surface area (Å²) < 4.78 is 2.33. The Hall–Kier alpha value is -7.13. The molecular formula is C46H29N5. The minimum absolute atomic E-state index is 0.0276. The van der Waals surface area contributed by atoms with E-state index in [1.807, 2.05) is 48.6 Å². The van der Waals surface area contributed by atoms with Gasteiger partial charge in [0.25, 0.3) is 0 Å². The van der Waals surface area contributed by atoms with Crippen LogP contribution in [0.4, 0.5) is 5.69 Å². The number of nitrogens with zero attached hydrogens (tertiary/aromatic N) is 5. The van der Waals surface area contributed by atoms with Crippen molar-refractivity contribution in [1.29, 1.82) is 15.8 Å². The number of benzene rings is 5. The van der Waals surface area contributed by atoms with Crippen LogP contribution in [-0.2, 0) is 0 Å². The molecule has 0 radical (unpaired) electrons. The number of nitriles is 3. The maximum absolute atomic E-state index is 10.1. The number of anilines is 1. The number of hydrogen-bond acceptors (Lipinski definition) is 4. The highest BCUT2D eigenvalue weighted by atomic mass is 15.2. The first kappa shape index (κ1) is 30.0. The highest BCUT2D eigenvalue weighted by Crippen LogP contribution is 2.49. The fourth-order valence-corrected chi connectivity index (χ4v) is 8.07. The summed E-state index contributed by atoms with van der Waals surface area (Å²) >= 11 is 0. The van der Waals surface area contributed by atoms with E-state index >= 15 is 0 Å². The Balaban J connectivity index is 1.24. The van der Waals surface area contributed by atoms with E-state index in [2.05, 4.69) is 131 Å². The average molecular weight is 652 g/mol. The summed E-state index contributed by atoms with van der Waals surface area (Å²) in [6, 6.07) is 46.9. The lowest BCUT2D eigenvalue weighted by Crippen LogP contribution is -2.33. The molecule has 2 unspecified atom stereocenters. The van der Waals surface area contributed by atoms with Gasteiger partial charge in [-0.05, 0) is 89.4 Å². The van der Waals surface area contributed by atoms with Crippen LogP contribution in [0.25, 0.3) is 49.7 Å². The Morgan fingerprint density at radius 2 is 1.35 bits per heavy atom. The molecule has 2 atom stereocenters. The van der Waals surface area contributed by atoms with Gasteiger partial charge in [0.2, 0.25) is 0 Å². The van der Waals surface area contributed by atoms with Crippen LogP contribution in [0.3, 0.4) is 0 Å². The summed E-state index contributed by atoms with van der Waals surface area (Å²) in [6.45, 7) is 0. The van der Waals surface area contributed by atoms with E-state index in [1.54, 1.807) is 0 Å². The third-order valence-electron chi connectivity index (χ3n) is 10.3. The van der Waals surface area contributed by atoms with E-state index in [-0.39, 0.29) is 12.0 Å². The second-order valence-corrected chi connectivity index (χ2v) is 13.0. The van der Waals surface area contributed by atoms with Gasteiger partial charge < -0.3 is 9.47 Å². The molecule has 0 saturated heterocycles. The van der Waals surface area contributed by atoms with Crippen molar-refractivity contribution in [2.45, 2.75) is 12.5 Å². The van der Waals surface area contributed by atoms with Gasteiger partial charge >= 0.3 is 0 Å². The summed E-state index contributed by atoms with van der Waals surface area (Å²) in [6.07, 6.45) is 12.6.